The Morgan fingerprint density at radius 2 is 1.20 bits per heavy atom. The highest BCUT2D eigenvalue weighted by Gasteiger charge is 2.18. The SMILES string of the molecule is c1ccc(-c2ccc3c(c2)c2ccccc2n3-c2ccc3sc4cccc(-c5cccc6c5oc5ccccc56)c4c3c2)cc1. The van der Waals surface area contributed by atoms with E-state index in [0.717, 1.165) is 33.2 Å². The van der Waals surface area contributed by atoms with Crippen LogP contribution in [-0.4, -0.2) is 4.57 Å². The summed E-state index contributed by atoms with van der Waals surface area (Å²) in [5, 5.41) is 7.38. The maximum absolute atomic E-state index is 6.50. The lowest BCUT2D eigenvalue weighted by atomic mass is 9.97. The van der Waals surface area contributed by atoms with Crippen molar-refractivity contribution in [1.82, 2.24) is 4.57 Å². The number of nitrogens with zero attached hydrogens (tertiary/aromatic N) is 1. The van der Waals surface area contributed by atoms with E-state index in [1.165, 1.54) is 58.7 Å². The second-order valence-electron chi connectivity index (χ2n) is 11.7. The first-order chi connectivity index (χ1) is 22.3. The first-order valence-corrected chi connectivity index (χ1v) is 16.1. The third kappa shape index (κ3) is 3.62. The van der Waals surface area contributed by atoms with Crippen LogP contribution in [0.5, 0.6) is 0 Å². The van der Waals surface area contributed by atoms with Crippen molar-refractivity contribution in [3.05, 3.63) is 152 Å². The zero-order valence-corrected chi connectivity index (χ0v) is 25.0. The largest absolute Gasteiger partial charge is 0.455 e. The predicted molar refractivity (Wildman–Crippen MR) is 192 cm³/mol. The van der Waals surface area contributed by atoms with Gasteiger partial charge in [-0.3, -0.25) is 0 Å². The fourth-order valence-electron chi connectivity index (χ4n) is 7.20. The van der Waals surface area contributed by atoms with Gasteiger partial charge in [-0.15, -0.1) is 11.3 Å². The number of rotatable bonds is 3. The second-order valence-corrected chi connectivity index (χ2v) is 12.8. The van der Waals surface area contributed by atoms with E-state index in [2.05, 4.69) is 150 Å². The first kappa shape index (κ1) is 24.8. The maximum Gasteiger partial charge on any atom is 0.143 e. The number of thiophene rings is 1. The maximum atomic E-state index is 6.50. The molecule has 0 aliphatic rings. The predicted octanol–water partition coefficient (Wildman–Crippen LogP) is 12.4. The lowest BCUT2D eigenvalue weighted by Gasteiger charge is -2.10. The van der Waals surface area contributed by atoms with Crippen LogP contribution in [0.1, 0.15) is 0 Å². The molecule has 10 rings (SSSR count). The molecule has 0 aliphatic heterocycles. The van der Waals surface area contributed by atoms with Gasteiger partial charge in [0.2, 0.25) is 0 Å². The van der Waals surface area contributed by atoms with Crippen LogP contribution in [0.15, 0.2) is 156 Å². The molecule has 3 aromatic heterocycles. The summed E-state index contributed by atoms with van der Waals surface area (Å²) >= 11 is 1.85. The van der Waals surface area contributed by atoms with Gasteiger partial charge >= 0.3 is 0 Å². The van der Waals surface area contributed by atoms with E-state index in [4.69, 9.17) is 4.42 Å². The van der Waals surface area contributed by atoms with Gasteiger partial charge < -0.3 is 8.98 Å². The van der Waals surface area contributed by atoms with Crippen LogP contribution in [0.4, 0.5) is 0 Å². The molecule has 0 atom stereocenters. The van der Waals surface area contributed by atoms with Gasteiger partial charge in [-0.05, 0) is 65.2 Å². The van der Waals surface area contributed by atoms with Crippen LogP contribution in [0, 0.1) is 0 Å². The summed E-state index contributed by atoms with van der Waals surface area (Å²) in [6.07, 6.45) is 0. The fraction of sp³-hybridized carbons (Fsp3) is 0. The first-order valence-electron chi connectivity index (χ1n) is 15.3. The Kier molecular flexibility index (Phi) is 5.19. The van der Waals surface area contributed by atoms with Gasteiger partial charge in [-0.2, -0.15) is 0 Å². The third-order valence-corrected chi connectivity index (χ3v) is 10.3. The highest BCUT2D eigenvalue weighted by molar-refractivity contribution is 7.26. The van der Waals surface area contributed by atoms with E-state index in [9.17, 15) is 0 Å². The number of hydrogen-bond acceptors (Lipinski definition) is 2. The Hall–Kier alpha value is -5.64. The molecule has 45 heavy (non-hydrogen) atoms. The molecule has 0 aliphatic carbocycles. The Balaban J connectivity index is 1.23. The molecular weight excluding hydrogens is 567 g/mol. The standard InChI is InChI=1S/C42H25NOS/c1-2-10-26(11-3-1)27-20-22-37-34(24-27)29-12-4-6-17-36(29)43(37)28-21-23-39-35(25-28)41-31(14-9-19-40(41)45-39)33-16-8-15-32-30-13-5-7-18-38(30)44-42(32)33/h1-25H. The molecule has 0 spiro atoms. The van der Waals surface area contributed by atoms with Crippen LogP contribution in [-0.2, 0) is 0 Å². The summed E-state index contributed by atoms with van der Waals surface area (Å²) in [6, 6.07) is 54.7. The molecule has 0 fully saturated rings. The molecular formula is C42H25NOS. The number of furan rings is 1. The summed E-state index contributed by atoms with van der Waals surface area (Å²) in [5.74, 6) is 0. The van der Waals surface area contributed by atoms with E-state index in [0.29, 0.717) is 0 Å². The van der Waals surface area contributed by atoms with Crippen molar-refractivity contribution in [1.29, 1.82) is 0 Å². The van der Waals surface area contributed by atoms with Gasteiger partial charge in [0.15, 0.2) is 0 Å². The quantitative estimate of drug-likeness (QED) is 0.200. The summed E-state index contributed by atoms with van der Waals surface area (Å²) in [6.45, 7) is 0. The topological polar surface area (TPSA) is 18.1 Å². The number of benzene rings is 7. The molecule has 0 amide bonds. The fourth-order valence-corrected chi connectivity index (χ4v) is 8.31. The van der Waals surface area contributed by atoms with E-state index in [1.807, 2.05) is 17.4 Å². The molecule has 2 nitrogen and oxygen atoms in total. The van der Waals surface area contributed by atoms with Crippen molar-refractivity contribution in [3.63, 3.8) is 0 Å². The van der Waals surface area contributed by atoms with Gasteiger partial charge in [0, 0.05) is 53.0 Å². The zero-order valence-electron chi connectivity index (χ0n) is 24.2. The second kappa shape index (κ2) is 9.43. The average Bonchev–Trinajstić information content (AvgIpc) is 3.77. The molecule has 7 aromatic carbocycles. The minimum atomic E-state index is 0.923. The Labute approximate surface area is 263 Å². The molecule has 3 heterocycles. The van der Waals surface area contributed by atoms with Gasteiger partial charge in [0.1, 0.15) is 11.2 Å². The van der Waals surface area contributed by atoms with Gasteiger partial charge in [0.05, 0.1) is 11.0 Å². The number of para-hydroxylation sites is 3. The smallest absolute Gasteiger partial charge is 0.143 e. The Bertz CT molecular complexity index is 2760. The van der Waals surface area contributed by atoms with E-state index < -0.39 is 0 Å². The zero-order chi connectivity index (χ0) is 29.5. The van der Waals surface area contributed by atoms with Gasteiger partial charge in [-0.1, -0.05) is 103 Å². The average molecular weight is 592 g/mol. The van der Waals surface area contributed by atoms with Crippen LogP contribution in [0.3, 0.4) is 0 Å². The molecule has 0 saturated carbocycles. The lowest BCUT2D eigenvalue weighted by Crippen LogP contribution is -1.93. The monoisotopic (exact) mass is 591 g/mol. The minimum absolute atomic E-state index is 0.923. The summed E-state index contributed by atoms with van der Waals surface area (Å²) in [5.41, 5.74) is 10.2. The normalized spacial score (nSPS) is 12.0. The van der Waals surface area contributed by atoms with Crippen molar-refractivity contribution in [2.24, 2.45) is 0 Å². The Morgan fingerprint density at radius 1 is 0.444 bits per heavy atom. The van der Waals surface area contributed by atoms with Crippen LogP contribution in [0.2, 0.25) is 0 Å². The van der Waals surface area contributed by atoms with E-state index in [-0.39, 0.29) is 0 Å². The third-order valence-electron chi connectivity index (χ3n) is 9.21. The molecule has 10 aromatic rings. The minimum Gasteiger partial charge on any atom is -0.455 e. The number of fused-ring (bicyclic) bond motifs is 9. The highest BCUT2D eigenvalue weighted by Crippen LogP contribution is 2.44. The van der Waals surface area contributed by atoms with Crippen molar-refractivity contribution < 1.29 is 4.42 Å². The van der Waals surface area contributed by atoms with Crippen LogP contribution in [0.25, 0.3) is 91.9 Å². The van der Waals surface area contributed by atoms with E-state index >= 15 is 0 Å². The number of hydrogen-bond donors (Lipinski definition) is 0. The van der Waals surface area contributed by atoms with Gasteiger partial charge in [0.25, 0.3) is 0 Å². The Morgan fingerprint density at radius 3 is 2.13 bits per heavy atom. The summed E-state index contributed by atoms with van der Waals surface area (Å²) in [7, 11) is 0. The molecule has 0 N–H and O–H groups in total. The van der Waals surface area contributed by atoms with Crippen molar-refractivity contribution in [2.45, 2.75) is 0 Å². The van der Waals surface area contributed by atoms with Crippen molar-refractivity contribution >= 4 is 75.3 Å². The molecule has 0 radical (unpaired) electrons. The van der Waals surface area contributed by atoms with Gasteiger partial charge in [-0.25, -0.2) is 0 Å². The van der Waals surface area contributed by atoms with Crippen molar-refractivity contribution in [2.75, 3.05) is 0 Å². The lowest BCUT2D eigenvalue weighted by molar-refractivity contribution is 0.670. The van der Waals surface area contributed by atoms with Crippen LogP contribution >= 0.6 is 11.3 Å². The van der Waals surface area contributed by atoms with Crippen molar-refractivity contribution in [3.8, 4) is 27.9 Å². The van der Waals surface area contributed by atoms with E-state index in [1.54, 1.807) is 0 Å². The molecule has 0 bridgehead atoms. The summed E-state index contributed by atoms with van der Waals surface area (Å²) in [4.78, 5) is 0. The van der Waals surface area contributed by atoms with Crippen LogP contribution < -0.4 is 0 Å². The summed E-state index contributed by atoms with van der Waals surface area (Å²) < 4.78 is 11.5. The molecule has 210 valence electrons. The molecule has 0 unspecified atom stereocenters. The number of aromatic nitrogens is 1. The molecule has 0 saturated heterocycles. The molecule has 3 heteroatoms. The highest BCUT2D eigenvalue weighted by atomic mass is 32.1.